The predicted octanol–water partition coefficient (Wildman–Crippen LogP) is 6.56. The Bertz CT molecular complexity index is 1310. The molecule has 0 aliphatic rings. The number of carbonyl (C=O) groups excluding carboxylic acids is 2. The minimum Gasteiger partial charge on any atom is -0.497 e. The van der Waals surface area contributed by atoms with Crippen LogP contribution in [-0.4, -0.2) is 18.9 Å². The third-order valence-electron chi connectivity index (χ3n) is 5.17. The summed E-state index contributed by atoms with van der Waals surface area (Å²) < 4.78 is 19.3. The lowest BCUT2D eigenvalue weighted by molar-refractivity contribution is -0.115. The third-order valence-corrected chi connectivity index (χ3v) is 6.42. The number of thioether (sulfide) groups is 1. The number of rotatable bonds is 8. The van der Waals surface area contributed by atoms with Gasteiger partial charge in [0.2, 0.25) is 5.91 Å². The number of benzene rings is 4. The molecule has 1 unspecified atom stereocenters. The fourth-order valence-corrected chi connectivity index (χ4v) is 4.47. The van der Waals surface area contributed by atoms with Gasteiger partial charge in [0.15, 0.2) is 0 Å². The maximum atomic E-state index is 14.1. The number of nitrogens with one attached hydrogen (secondary N) is 2. The zero-order valence-electron chi connectivity index (χ0n) is 18.9. The van der Waals surface area contributed by atoms with E-state index in [9.17, 15) is 14.0 Å². The van der Waals surface area contributed by atoms with Crippen LogP contribution in [0, 0.1) is 5.82 Å². The molecule has 4 aromatic carbocycles. The van der Waals surface area contributed by atoms with Crippen LogP contribution in [0.5, 0.6) is 5.75 Å². The van der Waals surface area contributed by atoms with Gasteiger partial charge in [-0.15, -0.1) is 11.8 Å². The van der Waals surface area contributed by atoms with E-state index in [4.69, 9.17) is 4.74 Å². The van der Waals surface area contributed by atoms with Crippen LogP contribution in [-0.2, 0) is 4.79 Å². The molecule has 0 radical (unpaired) electrons. The summed E-state index contributed by atoms with van der Waals surface area (Å²) in [6, 6.07) is 29.4. The Labute approximate surface area is 207 Å². The zero-order chi connectivity index (χ0) is 24.6. The molecule has 0 aliphatic heterocycles. The SMILES string of the molecule is COc1ccc(C(=O)Nc2cccc(SC(C(=O)Nc3ccccc3F)c3ccccc3)c2)cc1. The van der Waals surface area contributed by atoms with Crippen molar-refractivity contribution in [3.05, 3.63) is 120 Å². The molecule has 0 saturated heterocycles. The first-order valence-corrected chi connectivity index (χ1v) is 11.7. The number of carbonyl (C=O) groups is 2. The number of hydrogen-bond donors (Lipinski definition) is 2. The van der Waals surface area contributed by atoms with Crippen molar-refractivity contribution in [2.45, 2.75) is 10.1 Å². The van der Waals surface area contributed by atoms with Gasteiger partial charge >= 0.3 is 0 Å². The first kappa shape index (κ1) is 24.0. The average molecular weight is 487 g/mol. The molecule has 0 aliphatic carbocycles. The van der Waals surface area contributed by atoms with Gasteiger partial charge in [0.25, 0.3) is 5.91 Å². The minimum atomic E-state index is -0.636. The summed E-state index contributed by atoms with van der Waals surface area (Å²) in [5.74, 6) is -0.438. The first-order valence-electron chi connectivity index (χ1n) is 10.9. The van der Waals surface area contributed by atoms with Crippen molar-refractivity contribution in [3.63, 3.8) is 0 Å². The molecule has 2 N–H and O–H groups in total. The molecule has 0 spiro atoms. The van der Waals surface area contributed by atoms with Crippen molar-refractivity contribution < 1.29 is 18.7 Å². The van der Waals surface area contributed by atoms with Gasteiger partial charge in [0.1, 0.15) is 16.8 Å². The Morgan fingerprint density at radius 2 is 1.54 bits per heavy atom. The molecule has 0 fully saturated rings. The maximum absolute atomic E-state index is 14.1. The summed E-state index contributed by atoms with van der Waals surface area (Å²) in [5, 5.41) is 4.94. The first-order chi connectivity index (χ1) is 17.0. The van der Waals surface area contributed by atoms with Crippen LogP contribution < -0.4 is 15.4 Å². The van der Waals surface area contributed by atoms with Gasteiger partial charge in [-0.1, -0.05) is 48.5 Å². The largest absolute Gasteiger partial charge is 0.497 e. The van der Waals surface area contributed by atoms with Gasteiger partial charge in [-0.25, -0.2) is 4.39 Å². The molecule has 4 aromatic rings. The van der Waals surface area contributed by atoms with Crippen LogP contribution in [0.1, 0.15) is 21.2 Å². The molecule has 176 valence electrons. The van der Waals surface area contributed by atoms with E-state index in [1.807, 2.05) is 42.5 Å². The predicted molar refractivity (Wildman–Crippen MR) is 137 cm³/mol. The number of hydrogen-bond acceptors (Lipinski definition) is 4. The number of halogens is 1. The van der Waals surface area contributed by atoms with Gasteiger partial charge < -0.3 is 15.4 Å². The van der Waals surface area contributed by atoms with Crippen molar-refractivity contribution in [3.8, 4) is 5.75 Å². The zero-order valence-corrected chi connectivity index (χ0v) is 19.7. The van der Waals surface area contributed by atoms with Crippen molar-refractivity contribution >= 4 is 35.0 Å². The van der Waals surface area contributed by atoms with Crippen LogP contribution in [0.25, 0.3) is 0 Å². The summed E-state index contributed by atoms with van der Waals surface area (Å²) >= 11 is 1.31. The third kappa shape index (κ3) is 6.28. The quantitative estimate of drug-likeness (QED) is 0.277. The van der Waals surface area contributed by atoms with Gasteiger partial charge in [0.05, 0.1) is 12.8 Å². The minimum absolute atomic E-state index is 0.125. The number of para-hydroxylation sites is 1. The van der Waals surface area contributed by atoms with Crippen LogP contribution >= 0.6 is 11.8 Å². The number of amides is 2. The highest BCUT2D eigenvalue weighted by Gasteiger charge is 2.23. The molecule has 1 atom stereocenters. The molecule has 7 heteroatoms. The number of methoxy groups -OCH3 is 1. The lowest BCUT2D eigenvalue weighted by atomic mass is 10.1. The number of anilines is 2. The lowest BCUT2D eigenvalue weighted by Crippen LogP contribution is -2.19. The van der Waals surface area contributed by atoms with E-state index < -0.39 is 11.1 Å². The highest BCUT2D eigenvalue weighted by Crippen LogP contribution is 2.37. The van der Waals surface area contributed by atoms with E-state index in [1.165, 1.54) is 23.9 Å². The van der Waals surface area contributed by atoms with Crippen LogP contribution in [0.4, 0.5) is 15.8 Å². The van der Waals surface area contributed by atoms with Crippen LogP contribution in [0.2, 0.25) is 0 Å². The van der Waals surface area contributed by atoms with E-state index in [-0.39, 0.29) is 17.5 Å². The maximum Gasteiger partial charge on any atom is 0.255 e. The summed E-state index contributed by atoms with van der Waals surface area (Å²) in [6.07, 6.45) is 0. The Balaban J connectivity index is 1.53. The Hall–Kier alpha value is -4.10. The van der Waals surface area contributed by atoms with Gasteiger partial charge in [0, 0.05) is 16.1 Å². The smallest absolute Gasteiger partial charge is 0.255 e. The molecule has 35 heavy (non-hydrogen) atoms. The van der Waals surface area contributed by atoms with Gasteiger partial charge in [-0.3, -0.25) is 9.59 Å². The Kier molecular flexibility index (Phi) is 7.80. The topological polar surface area (TPSA) is 67.4 Å². The normalized spacial score (nSPS) is 11.4. The van der Waals surface area contributed by atoms with E-state index in [0.717, 1.165) is 10.5 Å². The molecule has 4 rings (SSSR count). The fourth-order valence-electron chi connectivity index (χ4n) is 3.39. The highest BCUT2D eigenvalue weighted by molar-refractivity contribution is 8.00. The van der Waals surface area contributed by atoms with Crippen LogP contribution in [0.15, 0.2) is 108 Å². The Morgan fingerprint density at radius 1 is 0.829 bits per heavy atom. The molecule has 2 amide bonds. The van der Waals surface area contributed by atoms with Crippen LogP contribution in [0.3, 0.4) is 0 Å². The van der Waals surface area contributed by atoms with E-state index >= 15 is 0 Å². The van der Waals surface area contributed by atoms with Crippen molar-refractivity contribution in [1.29, 1.82) is 0 Å². The molecule has 0 bridgehead atoms. The van der Waals surface area contributed by atoms with Gasteiger partial charge in [-0.05, 0) is 60.2 Å². The second-order valence-corrected chi connectivity index (χ2v) is 8.77. The standard InChI is InChI=1S/C28H23FN2O3S/c1-34-22-16-14-20(15-17-22)27(32)30-21-10-7-11-23(18-21)35-26(19-8-3-2-4-9-19)28(33)31-25-13-6-5-12-24(25)29/h2-18,26H,1H3,(H,30,32)(H,31,33). The lowest BCUT2D eigenvalue weighted by Gasteiger charge is -2.18. The van der Waals surface area contributed by atoms with Crippen molar-refractivity contribution in [2.24, 2.45) is 0 Å². The molecule has 0 saturated carbocycles. The molecule has 0 heterocycles. The fraction of sp³-hybridized carbons (Fsp3) is 0.0714. The number of ether oxygens (including phenoxy) is 1. The average Bonchev–Trinajstić information content (AvgIpc) is 2.89. The monoisotopic (exact) mass is 486 g/mol. The molecule has 5 nitrogen and oxygen atoms in total. The highest BCUT2D eigenvalue weighted by atomic mass is 32.2. The van der Waals surface area contributed by atoms with Crippen molar-refractivity contribution in [1.82, 2.24) is 0 Å². The van der Waals surface area contributed by atoms with Gasteiger partial charge in [-0.2, -0.15) is 0 Å². The second-order valence-electron chi connectivity index (χ2n) is 7.59. The summed E-state index contributed by atoms with van der Waals surface area (Å²) in [7, 11) is 1.57. The Morgan fingerprint density at radius 3 is 2.26 bits per heavy atom. The van der Waals surface area contributed by atoms with E-state index in [2.05, 4.69) is 10.6 Å². The molecular weight excluding hydrogens is 463 g/mol. The summed E-state index contributed by atoms with van der Waals surface area (Å²) in [6.45, 7) is 0. The second kappa shape index (κ2) is 11.4. The summed E-state index contributed by atoms with van der Waals surface area (Å²) in [4.78, 5) is 26.6. The molecular formula is C28H23FN2O3S. The summed E-state index contributed by atoms with van der Waals surface area (Å²) in [5.41, 5.74) is 1.99. The van der Waals surface area contributed by atoms with E-state index in [0.29, 0.717) is 17.0 Å². The van der Waals surface area contributed by atoms with E-state index in [1.54, 1.807) is 55.6 Å². The molecule has 0 aromatic heterocycles. The van der Waals surface area contributed by atoms with Crippen molar-refractivity contribution in [2.75, 3.05) is 17.7 Å².